The summed E-state index contributed by atoms with van der Waals surface area (Å²) in [6.07, 6.45) is 5.93. The van der Waals surface area contributed by atoms with Gasteiger partial charge < -0.3 is 5.32 Å². The fraction of sp³-hybridized carbons (Fsp3) is 0.286. The number of aromatic amines is 1. The highest BCUT2D eigenvalue weighted by Gasteiger charge is 2.39. The quantitative estimate of drug-likeness (QED) is 0.619. The molecule has 1 aromatic carbocycles. The first-order valence-electron chi connectivity index (χ1n) is 9.94. The van der Waals surface area contributed by atoms with Crippen molar-refractivity contribution in [2.45, 2.75) is 31.6 Å². The third-order valence-corrected chi connectivity index (χ3v) is 6.17. The van der Waals surface area contributed by atoms with E-state index in [0.29, 0.717) is 6.54 Å². The van der Waals surface area contributed by atoms with Crippen LogP contribution in [0.25, 0.3) is 0 Å². The summed E-state index contributed by atoms with van der Waals surface area (Å²) in [6, 6.07) is 9.93. The fourth-order valence-electron chi connectivity index (χ4n) is 3.33. The van der Waals surface area contributed by atoms with E-state index in [9.17, 15) is 4.79 Å². The van der Waals surface area contributed by atoms with Crippen molar-refractivity contribution in [1.29, 1.82) is 0 Å². The molecule has 9 heteroatoms. The average Bonchev–Trinajstić information content (AvgIpc) is 3.41. The maximum absolute atomic E-state index is 11.9. The number of carbonyl (C=O) groups is 1. The van der Waals surface area contributed by atoms with Crippen LogP contribution in [0.15, 0.2) is 62.8 Å². The molecule has 0 unspecified atom stereocenters. The first kappa shape index (κ1) is 19.0. The third-order valence-electron chi connectivity index (χ3n) is 5.16. The zero-order valence-electron chi connectivity index (χ0n) is 16.8. The number of carbonyl (C=O) groups excluding carboxylic acids is 1. The van der Waals surface area contributed by atoms with Gasteiger partial charge in [-0.2, -0.15) is 10.1 Å². The van der Waals surface area contributed by atoms with Crippen molar-refractivity contribution in [2.24, 2.45) is 10.9 Å². The summed E-state index contributed by atoms with van der Waals surface area (Å²) in [5.41, 5.74) is 7.31. The molecule has 1 amide bonds. The molecule has 3 heterocycles. The van der Waals surface area contributed by atoms with Crippen LogP contribution in [-0.4, -0.2) is 34.0 Å². The van der Waals surface area contributed by atoms with Crippen LogP contribution in [0.3, 0.4) is 0 Å². The molecule has 2 aromatic rings. The summed E-state index contributed by atoms with van der Waals surface area (Å²) in [6.45, 7) is 4.68. The Morgan fingerprint density at radius 2 is 2.07 bits per heavy atom. The Hall–Kier alpha value is -3.04. The van der Waals surface area contributed by atoms with Crippen molar-refractivity contribution >= 4 is 35.5 Å². The Bertz CT molecular complexity index is 1070. The number of nitrogens with zero attached hydrogens (tertiary/aromatic N) is 4. The summed E-state index contributed by atoms with van der Waals surface area (Å²) < 4.78 is 0. The number of aromatic nitrogens is 2. The van der Waals surface area contributed by atoms with Gasteiger partial charge in [0.25, 0.3) is 6.34 Å². The van der Waals surface area contributed by atoms with Gasteiger partial charge in [-0.25, -0.2) is 0 Å². The minimum atomic E-state index is 0.124. The van der Waals surface area contributed by atoms with E-state index in [1.54, 1.807) is 11.8 Å². The summed E-state index contributed by atoms with van der Waals surface area (Å²) in [5, 5.41) is 13.3. The molecule has 0 atom stereocenters. The molecule has 0 spiro atoms. The number of hydrogen-bond acceptors (Lipinski definition) is 7. The number of aryl methyl sites for hydroxylation is 1. The van der Waals surface area contributed by atoms with Gasteiger partial charge in [0, 0.05) is 28.3 Å². The van der Waals surface area contributed by atoms with Gasteiger partial charge in [-0.3, -0.25) is 20.3 Å². The molecular formula is C21H23N7OS+. The molecule has 1 fully saturated rings. The lowest BCUT2D eigenvalue weighted by Crippen LogP contribution is -2.40. The number of hydrogen-bond donors (Lipinski definition) is 3. The first-order valence-corrected chi connectivity index (χ1v) is 10.8. The zero-order valence-corrected chi connectivity index (χ0v) is 17.7. The first-order chi connectivity index (χ1) is 14.5. The lowest BCUT2D eigenvalue weighted by Gasteiger charge is -2.26. The lowest BCUT2D eigenvalue weighted by molar-refractivity contribution is -0.117. The number of anilines is 2. The molecular weight excluding hydrogens is 398 g/mol. The number of allylic oxidation sites excluding steroid dienone is 1. The van der Waals surface area contributed by atoms with Gasteiger partial charge in [-0.1, -0.05) is 0 Å². The number of aliphatic imine (C=N–C) groups is 1. The summed E-state index contributed by atoms with van der Waals surface area (Å²) in [4.78, 5) is 19.6. The van der Waals surface area contributed by atoms with Gasteiger partial charge in [-0.05, 0) is 67.6 Å². The van der Waals surface area contributed by atoms with Crippen molar-refractivity contribution in [2.75, 3.05) is 17.3 Å². The number of benzene rings is 1. The Kier molecular flexibility index (Phi) is 4.84. The second kappa shape index (κ2) is 7.66. The largest absolute Gasteiger partial charge is 0.326 e. The zero-order chi connectivity index (χ0) is 20.7. The van der Waals surface area contributed by atoms with Gasteiger partial charge in [0.2, 0.25) is 16.6 Å². The normalized spacial score (nSPS) is 18.5. The van der Waals surface area contributed by atoms with E-state index in [-0.39, 0.29) is 11.8 Å². The van der Waals surface area contributed by atoms with Gasteiger partial charge in [0.1, 0.15) is 12.2 Å². The molecule has 1 saturated carbocycles. The number of fused-ring (bicyclic) bond motifs is 1. The smallest absolute Gasteiger partial charge is 0.251 e. The number of amides is 1. The van der Waals surface area contributed by atoms with E-state index in [1.165, 1.54) is 0 Å². The van der Waals surface area contributed by atoms with Crippen LogP contribution < -0.4 is 15.6 Å². The number of rotatable bonds is 6. The van der Waals surface area contributed by atoms with Crippen LogP contribution >= 0.6 is 11.8 Å². The number of thioether (sulfide) groups is 1. The van der Waals surface area contributed by atoms with Crippen LogP contribution in [0.5, 0.6) is 0 Å². The Morgan fingerprint density at radius 3 is 2.77 bits per heavy atom. The highest BCUT2D eigenvalue weighted by atomic mass is 32.2. The van der Waals surface area contributed by atoms with Gasteiger partial charge >= 0.3 is 0 Å². The molecule has 0 saturated heterocycles. The second-order valence-electron chi connectivity index (χ2n) is 7.68. The molecule has 8 nitrogen and oxygen atoms in total. The average molecular weight is 422 g/mol. The number of hydrazine groups is 1. The number of H-pyrrole nitrogens is 1. The molecule has 2 aliphatic heterocycles. The second-order valence-corrected chi connectivity index (χ2v) is 8.77. The Morgan fingerprint density at radius 1 is 1.27 bits per heavy atom. The Labute approximate surface area is 179 Å². The molecule has 3 aliphatic rings. The van der Waals surface area contributed by atoms with Crippen molar-refractivity contribution in [1.82, 2.24) is 20.1 Å². The van der Waals surface area contributed by atoms with Crippen molar-refractivity contribution in [3.05, 3.63) is 58.6 Å². The van der Waals surface area contributed by atoms with Crippen LogP contribution in [0.1, 0.15) is 25.5 Å². The fourth-order valence-corrected chi connectivity index (χ4v) is 4.28. The highest BCUT2D eigenvalue weighted by molar-refractivity contribution is 8.03. The molecule has 30 heavy (non-hydrogen) atoms. The molecule has 153 valence electrons. The summed E-state index contributed by atoms with van der Waals surface area (Å²) in [5.74, 6) is 1.10. The highest BCUT2D eigenvalue weighted by Crippen LogP contribution is 2.36. The van der Waals surface area contributed by atoms with Crippen LogP contribution in [-0.2, 0) is 4.79 Å². The minimum absolute atomic E-state index is 0.124. The molecule has 0 bridgehead atoms. The van der Waals surface area contributed by atoms with Gasteiger partial charge in [0.05, 0.1) is 6.20 Å². The molecule has 5 rings (SSSR count). The van der Waals surface area contributed by atoms with Crippen molar-refractivity contribution in [3.8, 4) is 0 Å². The van der Waals surface area contributed by atoms with E-state index in [1.807, 2.05) is 55.5 Å². The van der Waals surface area contributed by atoms with E-state index in [2.05, 4.69) is 37.0 Å². The molecule has 3 N–H and O–H groups in total. The maximum atomic E-state index is 11.9. The molecule has 1 aliphatic carbocycles. The standard InChI is InChI=1S/C21H23N7OS/c1-13-9-19(25-24-13)26-27-10-18-14(2)22-12-28(18)20(11-27)30-17-7-5-16(6-8-17)23-21(29)15-3-4-15/h5-9,11-12,15H,3-4,10H2,1-2H3,(H,23,29)(H2,24,25,26)/q+1. The Balaban J connectivity index is 1.33. The molecule has 1 radical (unpaired) electrons. The topological polar surface area (TPSA) is 91.3 Å². The monoisotopic (exact) mass is 421 g/mol. The van der Waals surface area contributed by atoms with Crippen molar-refractivity contribution < 1.29 is 4.79 Å². The third kappa shape index (κ3) is 3.99. The predicted molar refractivity (Wildman–Crippen MR) is 119 cm³/mol. The summed E-state index contributed by atoms with van der Waals surface area (Å²) >= 11 is 1.65. The van der Waals surface area contributed by atoms with Crippen LogP contribution in [0, 0.1) is 12.8 Å². The summed E-state index contributed by atoms with van der Waals surface area (Å²) in [7, 11) is 0. The van der Waals surface area contributed by atoms with Crippen LogP contribution in [0.2, 0.25) is 0 Å². The lowest BCUT2D eigenvalue weighted by atomic mass is 10.3. The van der Waals surface area contributed by atoms with Gasteiger partial charge in [-0.15, -0.1) is 0 Å². The van der Waals surface area contributed by atoms with Gasteiger partial charge in [0.15, 0.2) is 5.82 Å². The van der Waals surface area contributed by atoms with E-state index < -0.39 is 0 Å². The van der Waals surface area contributed by atoms with Crippen LogP contribution in [0.4, 0.5) is 11.5 Å². The number of nitrogens with one attached hydrogen (secondary N) is 3. The van der Waals surface area contributed by atoms with E-state index in [0.717, 1.165) is 51.4 Å². The predicted octanol–water partition coefficient (Wildman–Crippen LogP) is 3.71. The van der Waals surface area contributed by atoms with E-state index >= 15 is 0 Å². The van der Waals surface area contributed by atoms with E-state index in [4.69, 9.17) is 0 Å². The SMILES string of the molecule is CC1=C2CN(Nc3cc(C)[nH]n3)C=C(Sc3ccc(NC(=O)C4CC4)cc3)[N+]2C=N1. The minimum Gasteiger partial charge on any atom is -0.326 e. The maximum Gasteiger partial charge on any atom is 0.251 e. The van der Waals surface area contributed by atoms with Crippen molar-refractivity contribution in [3.63, 3.8) is 0 Å². The molecule has 1 aromatic heterocycles.